The van der Waals surface area contributed by atoms with Crippen LogP contribution in [0.3, 0.4) is 0 Å². The third kappa shape index (κ3) is 3.65. The maximum Gasteiger partial charge on any atom is 0.291 e. The Morgan fingerprint density at radius 1 is 1.16 bits per heavy atom. The minimum absolute atomic E-state index is 0.0623. The number of hydrogen-bond acceptors (Lipinski definition) is 4. The van der Waals surface area contributed by atoms with Crippen LogP contribution in [0.1, 0.15) is 60.9 Å². The van der Waals surface area contributed by atoms with Crippen molar-refractivity contribution in [3.8, 4) is 0 Å². The molecular weight excluding hydrogens is 408 g/mol. The fraction of sp³-hybridized carbons (Fsp3) is 0.458. The number of rotatable bonds is 4. The molecule has 162 valence electrons. The molecule has 1 aliphatic heterocycles. The molecule has 1 fully saturated rings. The van der Waals surface area contributed by atoms with E-state index >= 15 is 0 Å². The first kappa shape index (κ1) is 20.2. The quantitative estimate of drug-likeness (QED) is 0.618. The highest BCUT2D eigenvalue weighted by Crippen LogP contribution is 2.33. The Morgan fingerprint density at radius 2 is 1.94 bits per heavy atom. The van der Waals surface area contributed by atoms with Gasteiger partial charge in [0.15, 0.2) is 5.82 Å². The topological polar surface area (TPSA) is 67.2 Å². The third-order valence-corrected chi connectivity index (χ3v) is 7.59. The van der Waals surface area contributed by atoms with Gasteiger partial charge in [-0.05, 0) is 43.3 Å². The van der Waals surface area contributed by atoms with Gasteiger partial charge in [-0.25, -0.2) is 4.98 Å². The van der Waals surface area contributed by atoms with E-state index in [4.69, 9.17) is 0 Å². The molecule has 1 N–H and O–H groups in total. The third-order valence-electron chi connectivity index (χ3n) is 6.73. The molecule has 3 aromatic rings. The van der Waals surface area contributed by atoms with Crippen LogP contribution < -0.4 is 5.32 Å². The monoisotopic (exact) mass is 436 g/mol. The van der Waals surface area contributed by atoms with E-state index in [0.29, 0.717) is 18.9 Å². The van der Waals surface area contributed by atoms with E-state index in [2.05, 4.69) is 10.3 Å². The van der Waals surface area contributed by atoms with Gasteiger partial charge >= 0.3 is 0 Å². The zero-order chi connectivity index (χ0) is 21.4. The van der Waals surface area contributed by atoms with Crippen molar-refractivity contribution in [3.63, 3.8) is 0 Å². The van der Waals surface area contributed by atoms with Gasteiger partial charge in [0.2, 0.25) is 5.91 Å². The van der Waals surface area contributed by atoms with E-state index in [-0.39, 0.29) is 17.9 Å². The van der Waals surface area contributed by atoms with Crippen LogP contribution in [0, 0.1) is 0 Å². The van der Waals surface area contributed by atoms with Gasteiger partial charge in [0, 0.05) is 10.9 Å². The highest BCUT2D eigenvalue weighted by molar-refractivity contribution is 7.09. The Morgan fingerprint density at radius 3 is 2.68 bits per heavy atom. The second-order valence-electron chi connectivity index (χ2n) is 8.92. The van der Waals surface area contributed by atoms with Crippen LogP contribution in [0.25, 0.3) is 11.0 Å². The Kier molecular flexibility index (Phi) is 5.30. The van der Waals surface area contributed by atoms with Crippen LogP contribution >= 0.6 is 11.3 Å². The molecule has 0 radical (unpaired) electrons. The molecule has 0 spiro atoms. The first-order valence-electron chi connectivity index (χ1n) is 11.2. The Balaban J connectivity index is 1.53. The summed E-state index contributed by atoms with van der Waals surface area (Å²) in [6.07, 6.45) is 6.79. The lowest BCUT2D eigenvalue weighted by molar-refractivity contribution is -0.134. The van der Waals surface area contributed by atoms with E-state index in [9.17, 15) is 9.59 Å². The molecule has 3 heterocycles. The number of nitrogens with one attached hydrogen (secondary N) is 1. The summed E-state index contributed by atoms with van der Waals surface area (Å²) in [5, 5.41) is 5.31. The Hall–Kier alpha value is -2.67. The smallest absolute Gasteiger partial charge is 0.291 e. The van der Waals surface area contributed by atoms with Gasteiger partial charge in [0.05, 0.1) is 24.1 Å². The molecule has 2 aromatic heterocycles. The standard InChI is InChI=1S/C24H28N4O2S/c1-24(23(30)25-17-9-4-2-3-5-10-17)16-27-20-13-7-6-12-19(20)26-21(27)22(29)28(24)15-18-11-8-14-31-18/h6-8,11-14,17H,2-5,9-10,15-16H2,1H3,(H,25,30)/t24-/m1/s1. The number of carbonyl (C=O) groups excluding carboxylic acids is 2. The van der Waals surface area contributed by atoms with Crippen molar-refractivity contribution >= 4 is 34.2 Å². The lowest BCUT2D eigenvalue weighted by Gasteiger charge is -2.44. The summed E-state index contributed by atoms with van der Waals surface area (Å²) < 4.78 is 1.93. The van der Waals surface area contributed by atoms with Crippen molar-refractivity contribution < 1.29 is 9.59 Å². The lowest BCUT2D eigenvalue weighted by atomic mass is 9.94. The number of hydrogen-bond donors (Lipinski definition) is 1. The number of benzene rings is 1. The number of carbonyl (C=O) groups is 2. The van der Waals surface area contributed by atoms with E-state index in [1.165, 1.54) is 12.8 Å². The first-order chi connectivity index (χ1) is 15.1. The molecule has 5 rings (SSSR count). The number of thiophene rings is 1. The van der Waals surface area contributed by atoms with Crippen LogP contribution in [0.4, 0.5) is 0 Å². The molecule has 7 heteroatoms. The van der Waals surface area contributed by atoms with Crippen LogP contribution in [0.5, 0.6) is 0 Å². The predicted octanol–water partition coefficient (Wildman–Crippen LogP) is 4.35. The summed E-state index contributed by atoms with van der Waals surface area (Å²) in [6, 6.07) is 11.9. The zero-order valence-corrected chi connectivity index (χ0v) is 18.7. The Bertz CT molecular complexity index is 1100. The van der Waals surface area contributed by atoms with Crippen molar-refractivity contribution in [1.82, 2.24) is 19.8 Å². The van der Waals surface area contributed by atoms with Crippen molar-refractivity contribution in [2.24, 2.45) is 0 Å². The van der Waals surface area contributed by atoms with Gasteiger partial charge in [-0.2, -0.15) is 0 Å². The van der Waals surface area contributed by atoms with Gasteiger partial charge in [-0.3, -0.25) is 9.59 Å². The summed E-state index contributed by atoms with van der Waals surface area (Å²) in [4.78, 5) is 34.8. The molecule has 1 atom stereocenters. The minimum atomic E-state index is -0.982. The number of nitrogens with zero attached hydrogens (tertiary/aromatic N) is 3. The van der Waals surface area contributed by atoms with Crippen LogP contribution in [-0.4, -0.2) is 37.8 Å². The van der Waals surface area contributed by atoms with Crippen LogP contribution in [0.15, 0.2) is 41.8 Å². The van der Waals surface area contributed by atoms with Gasteiger partial charge in [-0.1, -0.05) is 43.9 Å². The Labute approximate surface area is 186 Å². The number of para-hydroxylation sites is 2. The average molecular weight is 437 g/mol. The maximum absolute atomic E-state index is 13.7. The fourth-order valence-electron chi connectivity index (χ4n) is 4.90. The summed E-state index contributed by atoms with van der Waals surface area (Å²) in [5.74, 6) is 0.166. The molecular formula is C24H28N4O2S. The number of fused-ring (bicyclic) bond motifs is 3. The van der Waals surface area contributed by atoms with E-state index in [1.54, 1.807) is 16.2 Å². The summed E-state index contributed by atoms with van der Waals surface area (Å²) >= 11 is 1.60. The van der Waals surface area contributed by atoms with E-state index in [1.807, 2.05) is 53.3 Å². The minimum Gasteiger partial charge on any atom is -0.351 e. The van der Waals surface area contributed by atoms with Crippen LogP contribution in [-0.2, 0) is 17.9 Å². The van der Waals surface area contributed by atoms with Crippen LogP contribution in [0.2, 0.25) is 0 Å². The summed E-state index contributed by atoms with van der Waals surface area (Å²) in [5.41, 5.74) is 0.703. The van der Waals surface area contributed by atoms with E-state index < -0.39 is 5.54 Å². The van der Waals surface area contributed by atoms with Gasteiger partial charge in [-0.15, -0.1) is 11.3 Å². The maximum atomic E-state index is 13.7. The molecule has 1 aromatic carbocycles. The average Bonchev–Trinajstić information content (AvgIpc) is 3.33. The highest BCUT2D eigenvalue weighted by atomic mass is 32.1. The zero-order valence-electron chi connectivity index (χ0n) is 17.8. The largest absolute Gasteiger partial charge is 0.351 e. The molecule has 0 bridgehead atoms. The second-order valence-corrected chi connectivity index (χ2v) is 9.95. The summed E-state index contributed by atoms with van der Waals surface area (Å²) in [6.45, 7) is 2.72. The fourth-order valence-corrected chi connectivity index (χ4v) is 5.59. The number of aromatic nitrogens is 2. The molecule has 1 aliphatic carbocycles. The molecule has 1 saturated carbocycles. The molecule has 31 heavy (non-hydrogen) atoms. The summed E-state index contributed by atoms with van der Waals surface area (Å²) in [7, 11) is 0. The lowest BCUT2D eigenvalue weighted by Crippen LogP contribution is -2.64. The molecule has 2 aliphatic rings. The molecule has 6 nitrogen and oxygen atoms in total. The second kappa shape index (κ2) is 8.11. The predicted molar refractivity (Wildman–Crippen MR) is 122 cm³/mol. The van der Waals surface area contributed by atoms with Crippen molar-refractivity contribution in [2.75, 3.05) is 0 Å². The molecule has 2 amide bonds. The highest BCUT2D eigenvalue weighted by Gasteiger charge is 2.48. The van der Waals surface area contributed by atoms with E-state index in [0.717, 1.165) is 41.6 Å². The number of imidazole rings is 1. The number of amides is 2. The van der Waals surface area contributed by atoms with Crippen molar-refractivity contribution in [1.29, 1.82) is 0 Å². The van der Waals surface area contributed by atoms with Gasteiger partial charge in [0.1, 0.15) is 5.54 Å². The molecule has 0 saturated heterocycles. The van der Waals surface area contributed by atoms with Gasteiger partial charge < -0.3 is 14.8 Å². The van der Waals surface area contributed by atoms with Gasteiger partial charge in [0.25, 0.3) is 5.91 Å². The normalized spacial score (nSPS) is 22.4. The first-order valence-corrected chi connectivity index (χ1v) is 12.0. The van der Waals surface area contributed by atoms with Crippen molar-refractivity contribution in [2.45, 2.75) is 70.1 Å². The SMILES string of the molecule is C[C@]1(C(=O)NC2CCCCCC2)Cn2c(nc3ccccc32)C(=O)N1Cc1cccs1. The van der Waals surface area contributed by atoms with Crippen molar-refractivity contribution in [3.05, 3.63) is 52.5 Å². The molecule has 0 unspecified atom stereocenters.